The highest BCUT2D eigenvalue weighted by Gasteiger charge is 2.33. The second-order valence-electron chi connectivity index (χ2n) is 5.73. The molecule has 0 saturated carbocycles. The molecule has 2 aromatic rings. The first-order valence-corrected chi connectivity index (χ1v) is 8.13. The highest BCUT2D eigenvalue weighted by molar-refractivity contribution is 5.82. The van der Waals surface area contributed by atoms with Gasteiger partial charge in [-0.2, -0.15) is 13.2 Å². The van der Waals surface area contributed by atoms with Crippen molar-refractivity contribution in [1.82, 2.24) is 4.90 Å². The lowest BCUT2D eigenvalue weighted by atomic mass is 10.1. The third-order valence-corrected chi connectivity index (χ3v) is 3.90. The van der Waals surface area contributed by atoms with Gasteiger partial charge in [0, 0.05) is 19.2 Å². The Morgan fingerprint density at radius 2 is 1.85 bits per heavy atom. The number of rotatable bonds is 7. The fraction of sp³-hybridized carbons (Fsp3) is 0.278. The first kappa shape index (κ1) is 20.2. The number of carbonyl (C=O) groups excluding carboxylic acids is 1. The van der Waals surface area contributed by atoms with Crippen LogP contribution in [0.25, 0.3) is 0 Å². The molecule has 0 aliphatic carbocycles. The molecule has 6 nitrogen and oxygen atoms in total. The van der Waals surface area contributed by atoms with E-state index in [-0.39, 0.29) is 18.1 Å². The summed E-state index contributed by atoms with van der Waals surface area (Å²) in [5.74, 6) is -0.324. The lowest BCUT2D eigenvalue weighted by Gasteiger charge is -2.21. The van der Waals surface area contributed by atoms with Gasteiger partial charge in [-0.25, -0.2) is 0 Å². The number of nitro groups is 1. The van der Waals surface area contributed by atoms with Gasteiger partial charge in [-0.15, -0.1) is 0 Å². The summed E-state index contributed by atoms with van der Waals surface area (Å²) >= 11 is 0. The lowest BCUT2D eigenvalue weighted by molar-refractivity contribution is -0.384. The Balaban J connectivity index is 2.10. The van der Waals surface area contributed by atoms with Crippen molar-refractivity contribution in [2.45, 2.75) is 19.6 Å². The minimum Gasteiger partial charge on any atom is -0.371 e. The van der Waals surface area contributed by atoms with Crippen LogP contribution in [0.3, 0.4) is 0 Å². The molecule has 0 saturated heterocycles. The SMILES string of the molecule is CCN(Cc1ccccc1)C(=O)CNc1ccc(C(F)(F)F)cc1[N+](=O)[O-]. The average Bonchev–Trinajstić information content (AvgIpc) is 2.64. The van der Waals surface area contributed by atoms with E-state index < -0.39 is 22.4 Å². The van der Waals surface area contributed by atoms with E-state index in [2.05, 4.69) is 5.32 Å². The van der Waals surface area contributed by atoms with Crippen LogP contribution in [0.1, 0.15) is 18.1 Å². The van der Waals surface area contributed by atoms with E-state index in [0.29, 0.717) is 19.2 Å². The van der Waals surface area contributed by atoms with Gasteiger partial charge in [0.1, 0.15) is 5.69 Å². The molecule has 0 aliphatic rings. The molecule has 0 bridgehead atoms. The molecule has 2 aromatic carbocycles. The number of likely N-dealkylation sites (N-methyl/N-ethyl adjacent to an activating group) is 1. The third kappa shape index (κ3) is 5.44. The van der Waals surface area contributed by atoms with Crippen LogP contribution in [-0.4, -0.2) is 28.8 Å². The molecule has 0 spiro atoms. The molecule has 1 N–H and O–H groups in total. The van der Waals surface area contributed by atoms with Crippen LogP contribution in [0.4, 0.5) is 24.5 Å². The smallest absolute Gasteiger partial charge is 0.371 e. The summed E-state index contributed by atoms with van der Waals surface area (Å²) in [7, 11) is 0. The minimum absolute atomic E-state index is 0.142. The molecule has 27 heavy (non-hydrogen) atoms. The highest BCUT2D eigenvalue weighted by atomic mass is 19.4. The quantitative estimate of drug-likeness (QED) is 0.579. The van der Waals surface area contributed by atoms with Gasteiger partial charge in [0.05, 0.1) is 17.0 Å². The summed E-state index contributed by atoms with van der Waals surface area (Å²) in [5, 5.41) is 13.7. The topological polar surface area (TPSA) is 75.5 Å². The van der Waals surface area contributed by atoms with Crippen molar-refractivity contribution in [2.24, 2.45) is 0 Å². The number of hydrogen-bond donors (Lipinski definition) is 1. The van der Waals surface area contributed by atoms with Gasteiger partial charge >= 0.3 is 6.18 Å². The molecule has 1 amide bonds. The van der Waals surface area contributed by atoms with Crippen LogP contribution >= 0.6 is 0 Å². The van der Waals surface area contributed by atoms with E-state index in [9.17, 15) is 28.1 Å². The molecule has 0 atom stereocenters. The van der Waals surface area contributed by atoms with Crippen LogP contribution < -0.4 is 5.32 Å². The molecule has 0 radical (unpaired) electrons. The van der Waals surface area contributed by atoms with Crippen molar-refractivity contribution < 1.29 is 22.9 Å². The van der Waals surface area contributed by atoms with E-state index in [1.807, 2.05) is 30.3 Å². The van der Waals surface area contributed by atoms with Crippen LogP contribution in [0.5, 0.6) is 0 Å². The monoisotopic (exact) mass is 381 g/mol. The van der Waals surface area contributed by atoms with Crippen LogP contribution in [0.15, 0.2) is 48.5 Å². The summed E-state index contributed by atoms with van der Waals surface area (Å²) in [6, 6.07) is 11.4. The second-order valence-corrected chi connectivity index (χ2v) is 5.73. The number of amides is 1. The molecule has 9 heteroatoms. The second kappa shape index (κ2) is 8.52. The fourth-order valence-corrected chi connectivity index (χ4v) is 2.47. The maximum Gasteiger partial charge on any atom is 0.416 e. The zero-order valence-electron chi connectivity index (χ0n) is 14.5. The summed E-state index contributed by atoms with van der Waals surface area (Å²) in [5.41, 5.74) is -1.07. The molecule has 0 unspecified atom stereocenters. The normalized spacial score (nSPS) is 11.1. The number of halogens is 3. The Bertz CT molecular complexity index is 810. The Morgan fingerprint density at radius 3 is 2.41 bits per heavy atom. The molecule has 2 rings (SSSR count). The van der Waals surface area contributed by atoms with Gasteiger partial charge in [0.25, 0.3) is 5.69 Å². The first-order chi connectivity index (χ1) is 12.7. The Kier molecular flexibility index (Phi) is 6.38. The van der Waals surface area contributed by atoms with Gasteiger partial charge in [0.2, 0.25) is 5.91 Å². The van der Waals surface area contributed by atoms with E-state index in [4.69, 9.17) is 0 Å². The van der Waals surface area contributed by atoms with Gasteiger partial charge in [-0.05, 0) is 24.6 Å². The standard InChI is InChI=1S/C18H18F3N3O3/c1-2-23(12-13-6-4-3-5-7-13)17(25)11-22-15-9-8-14(18(19,20)21)10-16(15)24(26)27/h3-10,22H,2,11-12H2,1H3. The maximum atomic E-state index is 12.7. The van der Waals surface area contributed by atoms with Crippen molar-refractivity contribution in [2.75, 3.05) is 18.4 Å². The number of benzene rings is 2. The lowest BCUT2D eigenvalue weighted by Crippen LogP contribution is -2.35. The van der Waals surface area contributed by atoms with Crippen LogP contribution in [0.2, 0.25) is 0 Å². The molecular formula is C18H18F3N3O3. The van der Waals surface area contributed by atoms with Crippen molar-refractivity contribution in [3.05, 3.63) is 69.8 Å². The number of nitrogens with one attached hydrogen (secondary N) is 1. The number of nitro benzene ring substituents is 1. The largest absolute Gasteiger partial charge is 0.416 e. The van der Waals surface area contributed by atoms with Crippen molar-refractivity contribution in [3.63, 3.8) is 0 Å². The van der Waals surface area contributed by atoms with Crippen LogP contribution in [-0.2, 0) is 17.5 Å². The summed E-state index contributed by atoms with van der Waals surface area (Å²) in [6.45, 7) is 2.31. The predicted molar refractivity (Wildman–Crippen MR) is 94.1 cm³/mol. The van der Waals surface area contributed by atoms with Crippen molar-refractivity contribution in [1.29, 1.82) is 0 Å². The number of carbonyl (C=O) groups is 1. The predicted octanol–water partition coefficient (Wildman–Crippen LogP) is 4.07. The third-order valence-electron chi connectivity index (χ3n) is 3.90. The Hall–Kier alpha value is -3.10. The van der Waals surface area contributed by atoms with Crippen LogP contribution in [0, 0.1) is 10.1 Å². The zero-order chi connectivity index (χ0) is 20.0. The number of anilines is 1. The summed E-state index contributed by atoms with van der Waals surface area (Å²) in [4.78, 5) is 24.1. The molecular weight excluding hydrogens is 363 g/mol. The fourth-order valence-electron chi connectivity index (χ4n) is 2.47. The van der Waals surface area contributed by atoms with E-state index >= 15 is 0 Å². The highest BCUT2D eigenvalue weighted by Crippen LogP contribution is 2.34. The van der Waals surface area contributed by atoms with E-state index in [1.54, 1.807) is 6.92 Å². The van der Waals surface area contributed by atoms with Gasteiger partial charge in [-0.3, -0.25) is 14.9 Å². The Labute approximate surface area is 153 Å². The van der Waals surface area contributed by atoms with Crippen molar-refractivity contribution >= 4 is 17.3 Å². The molecule has 144 valence electrons. The van der Waals surface area contributed by atoms with Gasteiger partial charge in [0.15, 0.2) is 0 Å². The van der Waals surface area contributed by atoms with Gasteiger partial charge in [-0.1, -0.05) is 30.3 Å². The molecule has 0 fully saturated rings. The zero-order valence-corrected chi connectivity index (χ0v) is 14.5. The van der Waals surface area contributed by atoms with E-state index in [1.165, 1.54) is 4.90 Å². The first-order valence-electron chi connectivity index (χ1n) is 8.13. The van der Waals surface area contributed by atoms with Crippen molar-refractivity contribution in [3.8, 4) is 0 Å². The summed E-state index contributed by atoms with van der Waals surface area (Å²) in [6.07, 6.45) is -4.69. The van der Waals surface area contributed by atoms with E-state index in [0.717, 1.165) is 17.7 Å². The molecule has 0 aromatic heterocycles. The Morgan fingerprint density at radius 1 is 1.19 bits per heavy atom. The van der Waals surface area contributed by atoms with Gasteiger partial charge < -0.3 is 10.2 Å². The molecule has 0 aliphatic heterocycles. The average molecular weight is 381 g/mol. The number of hydrogen-bond acceptors (Lipinski definition) is 4. The summed E-state index contributed by atoms with van der Waals surface area (Å²) < 4.78 is 38.2. The number of alkyl halides is 3. The maximum absolute atomic E-state index is 12.7. The number of nitrogens with zero attached hydrogens (tertiary/aromatic N) is 2. The minimum atomic E-state index is -4.69. The molecule has 0 heterocycles.